The molecule has 1 atom stereocenters. The molecule has 0 radical (unpaired) electrons. The zero-order chi connectivity index (χ0) is 20.0. The number of methoxy groups -OCH3 is 1. The summed E-state index contributed by atoms with van der Waals surface area (Å²) in [6.45, 7) is 1.52. The average Bonchev–Trinajstić information content (AvgIpc) is 3.27. The third-order valence-electron chi connectivity index (χ3n) is 5.79. The SMILES string of the molecule is COc1cccnc1C(C1CCOCC1)n1c2cc(Br)cnc2c2c1cnn2C. The van der Waals surface area contributed by atoms with Crippen LogP contribution in [0, 0.1) is 5.92 Å². The van der Waals surface area contributed by atoms with E-state index >= 15 is 0 Å². The van der Waals surface area contributed by atoms with Crippen molar-refractivity contribution in [2.75, 3.05) is 20.3 Å². The first-order valence-electron chi connectivity index (χ1n) is 9.73. The lowest BCUT2D eigenvalue weighted by molar-refractivity contribution is 0.0544. The minimum atomic E-state index is -0.00431. The Morgan fingerprint density at radius 1 is 1.21 bits per heavy atom. The monoisotopic (exact) mass is 455 g/mol. The zero-order valence-corrected chi connectivity index (χ0v) is 18.0. The number of fused-ring (bicyclic) bond motifs is 3. The fourth-order valence-electron chi connectivity index (χ4n) is 4.49. The van der Waals surface area contributed by atoms with E-state index in [4.69, 9.17) is 19.4 Å². The van der Waals surface area contributed by atoms with Crippen LogP contribution in [0.3, 0.4) is 0 Å². The topological polar surface area (TPSA) is 67.0 Å². The molecule has 0 spiro atoms. The molecular formula is C21H22BrN5O2. The summed E-state index contributed by atoms with van der Waals surface area (Å²) in [7, 11) is 3.66. The third kappa shape index (κ3) is 3.02. The van der Waals surface area contributed by atoms with E-state index < -0.39 is 0 Å². The summed E-state index contributed by atoms with van der Waals surface area (Å²) in [5.41, 5.74) is 5.02. The van der Waals surface area contributed by atoms with Crippen LogP contribution >= 0.6 is 15.9 Å². The highest BCUT2D eigenvalue weighted by atomic mass is 79.9. The predicted octanol–water partition coefficient (Wildman–Crippen LogP) is 4.11. The van der Waals surface area contributed by atoms with Gasteiger partial charge in [-0.15, -0.1) is 0 Å². The highest BCUT2D eigenvalue weighted by Crippen LogP contribution is 2.42. The van der Waals surface area contributed by atoms with Crippen molar-refractivity contribution in [3.8, 4) is 5.75 Å². The third-order valence-corrected chi connectivity index (χ3v) is 6.22. The largest absolute Gasteiger partial charge is 0.495 e. The fraction of sp³-hybridized carbons (Fsp3) is 0.381. The molecule has 4 aromatic heterocycles. The normalized spacial score (nSPS) is 16.5. The molecule has 7 nitrogen and oxygen atoms in total. The minimum Gasteiger partial charge on any atom is -0.495 e. The van der Waals surface area contributed by atoms with E-state index in [1.807, 2.05) is 42.5 Å². The van der Waals surface area contributed by atoms with Gasteiger partial charge in [0.1, 0.15) is 22.5 Å². The number of nitrogens with zero attached hydrogens (tertiary/aromatic N) is 5. The van der Waals surface area contributed by atoms with Crippen molar-refractivity contribution in [2.45, 2.75) is 18.9 Å². The summed E-state index contributed by atoms with van der Waals surface area (Å²) < 4.78 is 16.6. The molecule has 150 valence electrons. The molecule has 1 fully saturated rings. The Morgan fingerprint density at radius 2 is 2.03 bits per heavy atom. The van der Waals surface area contributed by atoms with Crippen LogP contribution in [0.15, 0.2) is 41.3 Å². The molecule has 0 saturated carbocycles. The lowest BCUT2D eigenvalue weighted by atomic mass is 9.88. The zero-order valence-electron chi connectivity index (χ0n) is 16.4. The number of hydrogen-bond acceptors (Lipinski definition) is 5. The van der Waals surface area contributed by atoms with Gasteiger partial charge in [0.25, 0.3) is 0 Å². The number of pyridine rings is 2. The van der Waals surface area contributed by atoms with E-state index in [1.165, 1.54) is 0 Å². The van der Waals surface area contributed by atoms with Crippen molar-refractivity contribution < 1.29 is 9.47 Å². The van der Waals surface area contributed by atoms with Crippen molar-refractivity contribution >= 4 is 38.0 Å². The first-order valence-corrected chi connectivity index (χ1v) is 10.5. The van der Waals surface area contributed by atoms with Crippen LogP contribution in [0.5, 0.6) is 5.75 Å². The molecule has 5 rings (SSSR count). The molecule has 0 bridgehead atoms. The van der Waals surface area contributed by atoms with E-state index in [9.17, 15) is 0 Å². The first-order chi connectivity index (χ1) is 14.2. The minimum absolute atomic E-state index is 0.00431. The molecule has 0 N–H and O–H groups in total. The molecule has 1 unspecified atom stereocenters. The average molecular weight is 456 g/mol. The van der Waals surface area contributed by atoms with Crippen LogP contribution in [0.2, 0.25) is 0 Å². The fourth-order valence-corrected chi connectivity index (χ4v) is 4.81. The summed E-state index contributed by atoms with van der Waals surface area (Å²) >= 11 is 3.60. The van der Waals surface area contributed by atoms with Crippen molar-refractivity contribution in [1.29, 1.82) is 0 Å². The highest BCUT2D eigenvalue weighted by Gasteiger charge is 2.33. The Morgan fingerprint density at radius 3 is 2.83 bits per heavy atom. The maximum absolute atomic E-state index is 5.72. The molecule has 0 aliphatic carbocycles. The van der Waals surface area contributed by atoms with Gasteiger partial charge in [0.05, 0.1) is 30.4 Å². The number of rotatable bonds is 4. The van der Waals surface area contributed by atoms with Crippen LogP contribution < -0.4 is 4.74 Å². The van der Waals surface area contributed by atoms with Gasteiger partial charge in [-0.1, -0.05) is 0 Å². The molecule has 0 aromatic carbocycles. The van der Waals surface area contributed by atoms with Crippen LogP contribution in [-0.2, 0) is 11.8 Å². The van der Waals surface area contributed by atoms with Crippen molar-refractivity contribution in [2.24, 2.45) is 13.0 Å². The van der Waals surface area contributed by atoms with Crippen molar-refractivity contribution in [3.05, 3.63) is 47.0 Å². The molecule has 8 heteroatoms. The number of halogens is 1. The second-order valence-corrected chi connectivity index (χ2v) is 8.29. The van der Waals surface area contributed by atoms with E-state index in [0.29, 0.717) is 5.92 Å². The van der Waals surface area contributed by atoms with Crippen LogP contribution in [0.4, 0.5) is 0 Å². The summed E-state index contributed by atoms with van der Waals surface area (Å²) in [5.74, 6) is 1.16. The van der Waals surface area contributed by atoms with Crippen LogP contribution in [0.1, 0.15) is 24.6 Å². The summed E-state index contributed by atoms with van der Waals surface area (Å²) in [5, 5.41) is 4.52. The molecule has 0 amide bonds. The van der Waals surface area contributed by atoms with E-state index in [2.05, 4.69) is 31.7 Å². The maximum atomic E-state index is 5.72. The highest BCUT2D eigenvalue weighted by molar-refractivity contribution is 9.10. The molecule has 5 heterocycles. The lowest BCUT2D eigenvalue weighted by Gasteiger charge is -2.32. The second kappa shape index (κ2) is 7.42. The predicted molar refractivity (Wildman–Crippen MR) is 114 cm³/mol. The van der Waals surface area contributed by atoms with Crippen molar-refractivity contribution in [1.82, 2.24) is 24.3 Å². The summed E-state index contributed by atoms with van der Waals surface area (Å²) in [6, 6.07) is 6.02. The van der Waals surface area contributed by atoms with Gasteiger partial charge in [0, 0.05) is 37.1 Å². The first kappa shape index (κ1) is 18.6. The van der Waals surface area contributed by atoms with E-state index in [1.54, 1.807) is 7.11 Å². The molecule has 4 aromatic rings. The van der Waals surface area contributed by atoms with Crippen LogP contribution in [0.25, 0.3) is 22.1 Å². The van der Waals surface area contributed by atoms with Gasteiger partial charge in [-0.25, -0.2) is 0 Å². The van der Waals surface area contributed by atoms with E-state index in [-0.39, 0.29) is 6.04 Å². The molecule has 1 aliphatic rings. The smallest absolute Gasteiger partial charge is 0.142 e. The Kier molecular flexibility index (Phi) is 4.75. The van der Waals surface area contributed by atoms with Gasteiger partial charge >= 0.3 is 0 Å². The quantitative estimate of drug-likeness (QED) is 0.463. The number of ether oxygens (including phenoxy) is 2. The van der Waals surface area contributed by atoms with Gasteiger partial charge in [-0.05, 0) is 52.9 Å². The molecule has 1 aliphatic heterocycles. The summed E-state index contributed by atoms with van der Waals surface area (Å²) in [4.78, 5) is 9.50. The molecule has 1 saturated heterocycles. The Hall–Kier alpha value is -2.45. The Bertz CT molecular complexity index is 1180. The lowest BCUT2D eigenvalue weighted by Crippen LogP contribution is -2.27. The molecular weight excluding hydrogens is 434 g/mol. The van der Waals surface area contributed by atoms with Gasteiger partial charge in [0.2, 0.25) is 0 Å². The standard InChI is InChI=1S/C21H22BrN5O2/c1-26-21-16(12-25-26)27(15-10-14(22)11-24-18(15)21)20(13-5-8-29-9-6-13)19-17(28-2)4-3-7-23-19/h3-4,7,10-13,20H,5-6,8-9H2,1-2H3. The second-order valence-electron chi connectivity index (χ2n) is 7.38. The number of aryl methyl sites for hydroxylation is 1. The van der Waals surface area contributed by atoms with Gasteiger partial charge in [-0.3, -0.25) is 14.6 Å². The molecule has 29 heavy (non-hydrogen) atoms. The number of hydrogen-bond donors (Lipinski definition) is 0. The van der Waals surface area contributed by atoms with Gasteiger partial charge < -0.3 is 14.0 Å². The van der Waals surface area contributed by atoms with Crippen molar-refractivity contribution in [3.63, 3.8) is 0 Å². The number of aromatic nitrogens is 5. The van der Waals surface area contributed by atoms with Gasteiger partial charge in [-0.2, -0.15) is 5.10 Å². The van der Waals surface area contributed by atoms with Gasteiger partial charge in [0.15, 0.2) is 0 Å². The van der Waals surface area contributed by atoms with Crippen LogP contribution in [-0.4, -0.2) is 44.6 Å². The maximum Gasteiger partial charge on any atom is 0.142 e. The Balaban J connectivity index is 1.84. The summed E-state index contributed by atoms with van der Waals surface area (Å²) in [6.07, 6.45) is 7.53. The van der Waals surface area contributed by atoms with E-state index in [0.717, 1.165) is 64.0 Å². The Labute approximate surface area is 176 Å².